The van der Waals surface area contributed by atoms with Gasteiger partial charge in [-0.2, -0.15) is 9.97 Å². The van der Waals surface area contributed by atoms with Gasteiger partial charge in [0.2, 0.25) is 11.9 Å². The number of carbonyl (C=O) groups excluding carboxylic acids is 1. The summed E-state index contributed by atoms with van der Waals surface area (Å²) in [6.45, 7) is 12.5. The fraction of sp³-hybridized carbons (Fsp3) is 0.625. The Bertz CT molecular complexity index is 1010. The van der Waals surface area contributed by atoms with Gasteiger partial charge >= 0.3 is 7.60 Å². The van der Waals surface area contributed by atoms with E-state index < -0.39 is 7.60 Å². The van der Waals surface area contributed by atoms with Crippen LogP contribution in [-0.2, 0) is 18.4 Å². The van der Waals surface area contributed by atoms with E-state index in [4.69, 9.17) is 14.8 Å². The molecule has 1 fully saturated rings. The Balaban J connectivity index is 1.74. The van der Waals surface area contributed by atoms with E-state index in [1.54, 1.807) is 13.8 Å². The van der Waals surface area contributed by atoms with Gasteiger partial charge in [-0.05, 0) is 59.2 Å². The maximum Gasteiger partial charge on any atom is 0.332 e. The highest BCUT2D eigenvalue weighted by Gasteiger charge is 2.28. The minimum absolute atomic E-state index is 0.156. The van der Waals surface area contributed by atoms with Crippen molar-refractivity contribution in [2.75, 3.05) is 79.9 Å². The number of nitrogen functional groups attached to an aromatic ring is 1. The maximum atomic E-state index is 12.7. The first-order chi connectivity index (χ1) is 17.3. The van der Waals surface area contributed by atoms with Crippen LogP contribution in [0, 0.1) is 0 Å². The predicted octanol–water partition coefficient (Wildman–Crippen LogP) is 3.48. The van der Waals surface area contributed by atoms with Crippen LogP contribution >= 0.6 is 7.60 Å². The van der Waals surface area contributed by atoms with Crippen LogP contribution in [0.2, 0.25) is 0 Å². The third kappa shape index (κ3) is 7.77. The van der Waals surface area contributed by atoms with Gasteiger partial charge in [0, 0.05) is 19.6 Å². The van der Waals surface area contributed by atoms with Crippen LogP contribution in [-0.4, -0.2) is 79.4 Å². The minimum Gasteiger partial charge on any atom is -0.382 e. The molecule has 0 saturated carbocycles. The minimum atomic E-state index is -3.19. The molecule has 2 aliphatic rings. The monoisotopic (exact) mass is 521 g/mol. The van der Waals surface area contributed by atoms with Crippen molar-refractivity contribution in [3.05, 3.63) is 23.3 Å². The molecule has 11 nitrogen and oxygen atoms in total. The Kier molecular flexibility index (Phi) is 10.3. The van der Waals surface area contributed by atoms with Crippen molar-refractivity contribution in [3.63, 3.8) is 0 Å². The number of rotatable bonds is 13. The van der Waals surface area contributed by atoms with Crippen LogP contribution in [0.5, 0.6) is 0 Å². The zero-order valence-electron chi connectivity index (χ0n) is 21.9. The number of amides is 1. The molecule has 3 heterocycles. The summed E-state index contributed by atoms with van der Waals surface area (Å²) in [4.78, 5) is 25.7. The van der Waals surface area contributed by atoms with Crippen LogP contribution in [0.15, 0.2) is 23.3 Å². The summed E-state index contributed by atoms with van der Waals surface area (Å²) < 4.78 is 23.4. The number of aromatic nitrogens is 2. The highest BCUT2D eigenvalue weighted by Crippen LogP contribution is 2.47. The first-order valence-electron chi connectivity index (χ1n) is 12.7. The largest absolute Gasteiger partial charge is 0.382 e. The second-order valence-corrected chi connectivity index (χ2v) is 11.2. The summed E-state index contributed by atoms with van der Waals surface area (Å²) in [5, 5.41) is 5.87. The topological polar surface area (TPSA) is 135 Å². The normalized spacial score (nSPS) is 17.3. The molecule has 200 valence electrons. The Morgan fingerprint density at radius 3 is 2.53 bits per heavy atom. The molecule has 0 spiro atoms. The maximum absolute atomic E-state index is 12.7. The van der Waals surface area contributed by atoms with Crippen molar-refractivity contribution in [1.82, 2.24) is 14.9 Å². The van der Waals surface area contributed by atoms with Crippen molar-refractivity contribution in [2.24, 2.45) is 0 Å². The lowest BCUT2D eigenvalue weighted by Crippen LogP contribution is -2.40. The van der Waals surface area contributed by atoms with E-state index in [2.05, 4.69) is 44.6 Å². The second-order valence-electron chi connectivity index (χ2n) is 8.97. The molecule has 0 aliphatic carbocycles. The number of nitrogens with one attached hydrogen (secondary N) is 2. The molecule has 3 rings (SSSR count). The molecule has 1 amide bonds. The van der Waals surface area contributed by atoms with Gasteiger partial charge < -0.3 is 30.3 Å². The smallest absolute Gasteiger partial charge is 0.332 e. The molecule has 36 heavy (non-hydrogen) atoms. The van der Waals surface area contributed by atoms with Gasteiger partial charge in [-0.1, -0.05) is 17.7 Å². The standard InChI is InChI=1S/C24H40N7O4P/c1-5-19(14-18(4)15-30-11-8-9-12-30)16-31-17-20(32)27-21-22(25)28-24(29-23(21)31)26-10-13-36(33,34-6-2)35-7-3/h5,14H,6-13,15-17H2,1-4H3,(H,27,32)(H3,25,26,28,29). The molecule has 12 heteroatoms. The third-order valence-corrected chi connectivity index (χ3v) is 8.06. The molecule has 0 atom stereocenters. The Hall–Kier alpha value is -2.46. The lowest BCUT2D eigenvalue weighted by Gasteiger charge is -2.31. The molecule has 0 aromatic carbocycles. The number of likely N-dealkylation sites (tertiary alicyclic amines) is 1. The molecule has 2 aliphatic heterocycles. The van der Waals surface area contributed by atoms with Crippen molar-refractivity contribution in [3.8, 4) is 0 Å². The summed E-state index contributed by atoms with van der Waals surface area (Å²) in [5.41, 5.74) is 8.96. The molecule has 4 N–H and O–H groups in total. The molecular formula is C24H40N7O4P. The van der Waals surface area contributed by atoms with E-state index >= 15 is 0 Å². The summed E-state index contributed by atoms with van der Waals surface area (Å²) >= 11 is 0. The van der Waals surface area contributed by atoms with Gasteiger partial charge in [0.25, 0.3) is 0 Å². The van der Waals surface area contributed by atoms with E-state index in [1.165, 1.54) is 18.4 Å². The lowest BCUT2D eigenvalue weighted by atomic mass is 10.1. The van der Waals surface area contributed by atoms with E-state index in [-0.39, 0.29) is 36.9 Å². The van der Waals surface area contributed by atoms with Gasteiger partial charge in [0.15, 0.2) is 11.6 Å². The molecule has 0 radical (unpaired) electrons. The van der Waals surface area contributed by atoms with E-state index in [9.17, 15) is 9.36 Å². The number of hydrogen-bond donors (Lipinski definition) is 3. The Morgan fingerprint density at radius 1 is 1.19 bits per heavy atom. The van der Waals surface area contributed by atoms with Crippen molar-refractivity contribution in [2.45, 2.75) is 40.5 Å². The quantitative estimate of drug-likeness (QED) is 0.261. The Labute approximate surface area is 214 Å². The fourth-order valence-electron chi connectivity index (χ4n) is 4.41. The first kappa shape index (κ1) is 28.1. The molecular weight excluding hydrogens is 481 g/mol. The second kappa shape index (κ2) is 13.2. The van der Waals surface area contributed by atoms with Crippen LogP contribution in [0.4, 0.5) is 23.3 Å². The van der Waals surface area contributed by atoms with E-state index in [0.29, 0.717) is 31.3 Å². The highest BCUT2D eigenvalue weighted by atomic mass is 31.2. The predicted molar refractivity (Wildman–Crippen MR) is 145 cm³/mol. The van der Waals surface area contributed by atoms with Gasteiger partial charge in [-0.25, -0.2) is 0 Å². The van der Waals surface area contributed by atoms with Gasteiger partial charge in [0.05, 0.1) is 25.9 Å². The number of allylic oxidation sites excluding steroid dienone is 1. The molecule has 0 bridgehead atoms. The summed E-state index contributed by atoms with van der Waals surface area (Å²) in [6.07, 6.45) is 6.93. The number of hydrogen-bond acceptors (Lipinski definition) is 10. The molecule has 0 unspecified atom stereocenters. The van der Waals surface area contributed by atoms with E-state index in [1.807, 2.05) is 11.8 Å². The van der Waals surface area contributed by atoms with Gasteiger partial charge in [-0.15, -0.1) is 0 Å². The third-order valence-electron chi connectivity index (χ3n) is 5.98. The van der Waals surface area contributed by atoms with Crippen LogP contribution < -0.4 is 21.3 Å². The Morgan fingerprint density at radius 2 is 1.89 bits per heavy atom. The SMILES string of the molecule is CC=C(C=C(C)CN1CCCC1)CN1CC(=O)Nc2c(N)nc(NCCP(=O)(OCC)OCC)nc21. The van der Waals surface area contributed by atoms with Crippen LogP contribution in [0.25, 0.3) is 0 Å². The molecule has 1 aromatic heterocycles. The number of nitrogens with two attached hydrogens (primary N) is 1. The van der Waals surface area contributed by atoms with E-state index in [0.717, 1.165) is 25.2 Å². The van der Waals surface area contributed by atoms with Crippen LogP contribution in [0.3, 0.4) is 0 Å². The summed E-state index contributed by atoms with van der Waals surface area (Å²) in [7, 11) is -3.19. The van der Waals surface area contributed by atoms with Gasteiger partial charge in [-0.3, -0.25) is 14.3 Å². The van der Waals surface area contributed by atoms with Gasteiger partial charge in [0.1, 0.15) is 5.69 Å². The number of nitrogens with zero attached hydrogens (tertiary/aromatic N) is 4. The fourth-order valence-corrected chi connectivity index (χ4v) is 5.92. The van der Waals surface area contributed by atoms with Crippen molar-refractivity contribution < 1.29 is 18.4 Å². The summed E-state index contributed by atoms with van der Waals surface area (Å²) in [5.74, 6) is 0.837. The van der Waals surface area contributed by atoms with Crippen LogP contribution in [0.1, 0.15) is 40.5 Å². The number of anilines is 4. The van der Waals surface area contributed by atoms with Crippen molar-refractivity contribution >= 4 is 36.8 Å². The van der Waals surface area contributed by atoms with Crippen molar-refractivity contribution in [1.29, 1.82) is 0 Å². The molecule has 1 saturated heterocycles. The average molecular weight is 522 g/mol. The summed E-state index contributed by atoms with van der Waals surface area (Å²) in [6, 6.07) is 0. The number of fused-ring (bicyclic) bond motifs is 1. The average Bonchev–Trinajstić information content (AvgIpc) is 3.32. The zero-order valence-corrected chi connectivity index (χ0v) is 22.8. The molecule has 1 aromatic rings. The number of carbonyl (C=O) groups is 1. The highest BCUT2D eigenvalue weighted by molar-refractivity contribution is 7.53. The first-order valence-corrected chi connectivity index (χ1v) is 14.4. The lowest BCUT2D eigenvalue weighted by molar-refractivity contribution is -0.115. The zero-order chi connectivity index (χ0) is 26.1.